The summed E-state index contributed by atoms with van der Waals surface area (Å²) < 4.78 is 10.3. The molecule has 0 aliphatic heterocycles. The lowest BCUT2D eigenvalue weighted by Crippen LogP contribution is -2.23. The Kier molecular flexibility index (Phi) is 16.6. The summed E-state index contributed by atoms with van der Waals surface area (Å²) in [4.78, 5) is 132. The van der Waals surface area contributed by atoms with Gasteiger partial charge in [-0.2, -0.15) is 0 Å². The van der Waals surface area contributed by atoms with Gasteiger partial charge >= 0.3 is 11.9 Å². The van der Waals surface area contributed by atoms with E-state index >= 15 is 0 Å². The zero-order valence-electron chi connectivity index (χ0n) is 39.4. The van der Waals surface area contributed by atoms with E-state index in [1.807, 2.05) is 13.0 Å². The van der Waals surface area contributed by atoms with Gasteiger partial charge in [0.15, 0.2) is 36.3 Å². The standard InChI is InChI=1S/C56H46N4O12/c1-31(2)47(61)29-71-55(69)43-21-19-36(27-45(43)53(67)57-6)50(64)37-20-22-44(56(70)72-30-48(62)32(3)4)46(28-37)54(68)60-42-18-10-15-39(26-42)52(66)59-41-17-9-13-35(25-41)49(63)34-12-8-16-40(24-34)58-51(65)38-14-7-11-33(5)23-38/h7-28H,1,3,29-30H2,2,4-6H3,(H,57,67)(H,58,65)(H,59,66)(H,60,68). The van der Waals surface area contributed by atoms with Crippen LogP contribution in [0.15, 0.2) is 158 Å². The monoisotopic (exact) mass is 966 g/mol. The number of aryl methyl sites for hydroxylation is 1. The smallest absolute Gasteiger partial charge is 0.339 e. The van der Waals surface area contributed by atoms with E-state index in [4.69, 9.17) is 9.47 Å². The summed E-state index contributed by atoms with van der Waals surface area (Å²) in [5, 5.41) is 10.6. The molecule has 16 heteroatoms. The van der Waals surface area contributed by atoms with Gasteiger partial charge in [-0.05, 0) is 111 Å². The van der Waals surface area contributed by atoms with Gasteiger partial charge in [0.2, 0.25) is 0 Å². The van der Waals surface area contributed by atoms with Crippen molar-refractivity contribution in [2.75, 3.05) is 36.2 Å². The molecular formula is C56H46N4O12. The van der Waals surface area contributed by atoms with Gasteiger partial charge in [-0.15, -0.1) is 0 Å². The molecule has 0 aliphatic carbocycles. The van der Waals surface area contributed by atoms with Gasteiger partial charge in [0, 0.05) is 57.5 Å². The van der Waals surface area contributed by atoms with Crippen LogP contribution in [0, 0.1) is 6.92 Å². The molecule has 0 fully saturated rings. The number of nitrogens with one attached hydrogen (secondary N) is 4. The zero-order chi connectivity index (χ0) is 52.2. The van der Waals surface area contributed by atoms with Crippen LogP contribution in [0.2, 0.25) is 0 Å². The Bertz CT molecular complexity index is 3280. The van der Waals surface area contributed by atoms with E-state index in [2.05, 4.69) is 34.4 Å². The quantitative estimate of drug-likeness (QED) is 0.0342. The van der Waals surface area contributed by atoms with Crippen molar-refractivity contribution in [2.24, 2.45) is 0 Å². The highest BCUT2D eigenvalue weighted by molar-refractivity contribution is 6.17. The molecule has 0 atom stereocenters. The number of hydrogen-bond donors (Lipinski definition) is 4. The maximum Gasteiger partial charge on any atom is 0.339 e. The van der Waals surface area contributed by atoms with Crippen molar-refractivity contribution in [2.45, 2.75) is 20.8 Å². The van der Waals surface area contributed by atoms with Crippen LogP contribution in [-0.4, -0.2) is 79.0 Å². The number of carbonyl (C=O) groups is 10. The van der Waals surface area contributed by atoms with E-state index in [0.717, 1.165) is 23.8 Å². The molecule has 0 heterocycles. The Balaban J connectivity index is 1.22. The first kappa shape index (κ1) is 51.7. The third-order valence-electron chi connectivity index (χ3n) is 10.8. The maximum absolute atomic E-state index is 14.1. The van der Waals surface area contributed by atoms with Crippen LogP contribution in [0.4, 0.5) is 17.1 Å². The lowest BCUT2D eigenvalue weighted by molar-refractivity contribution is -0.119. The number of anilines is 3. The number of ether oxygens (including phenoxy) is 2. The summed E-state index contributed by atoms with van der Waals surface area (Å²) in [7, 11) is 1.30. The molecule has 0 saturated carbocycles. The van der Waals surface area contributed by atoms with Gasteiger partial charge < -0.3 is 30.7 Å². The molecule has 4 N–H and O–H groups in total. The molecule has 0 saturated heterocycles. The van der Waals surface area contributed by atoms with Crippen molar-refractivity contribution < 1.29 is 57.4 Å². The Morgan fingerprint density at radius 3 is 1.19 bits per heavy atom. The summed E-state index contributed by atoms with van der Waals surface area (Å²) in [6, 6.07) is 32.5. The first-order chi connectivity index (χ1) is 34.3. The van der Waals surface area contributed by atoms with Gasteiger partial charge in [-0.3, -0.25) is 38.4 Å². The molecular weight excluding hydrogens is 921 g/mol. The van der Waals surface area contributed by atoms with Crippen molar-refractivity contribution in [3.63, 3.8) is 0 Å². The average molecular weight is 967 g/mol. The van der Waals surface area contributed by atoms with Gasteiger partial charge in [-0.1, -0.05) is 73.3 Å². The summed E-state index contributed by atoms with van der Waals surface area (Å²) in [6.45, 7) is 10.5. The molecule has 0 radical (unpaired) electrons. The van der Waals surface area contributed by atoms with E-state index in [9.17, 15) is 47.9 Å². The topological polar surface area (TPSA) is 237 Å². The number of rotatable bonds is 19. The van der Waals surface area contributed by atoms with Crippen LogP contribution < -0.4 is 21.3 Å². The fourth-order valence-electron chi connectivity index (χ4n) is 6.84. The van der Waals surface area contributed by atoms with Crippen LogP contribution >= 0.6 is 0 Å². The molecule has 4 amide bonds. The number of Topliss-reactive ketones (excluding diaryl/α,β-unsaturated/α-hetero) is 2. The van der Waals surface area contributed by atoms with Crippen LogP contribution in [0.25, 0.3) is 0 Å². The molecule has 6 aromatic rings. The van der Waals surface area contributed by atoms with Crippen molar-refractivity contribution >= 4 is 75.8 Å². The maximum atomic E-state index is 14.1. The molecule has 362 valence electrons. The predicted molar refractivity (Wildman–Crippen MR) is 268 cm³/mol. The molecule has 72 heavy (non-hydrogen) atoms. The van der Waals surface area contributed by atoms with Gasteiger partial charge in [0.25, 0.3) is 23.6 Å². The Morgan fingerprint density at radius 1 is 0.417 bits per heavy atom. The highest BCUT2D eigenvalue weighted by atomic mass is 16.5. The molecule has 0 aliphatic rings. The summed E-state index contributed by atoms with van der Waals surface area (Å²) in [5.74, 6) is -7.00. The minimum Gasteiger partial charge on any atom is -0.454 e. The van der Waals surface area contributed by atoms with Gasteiger partial charge in [0.1, 0.15) is 0 Å². The minimum atomic E-state index is -1.09. The molecule has 6 rings (SSSR count). The van der Waals surface area contributed by atoms with E-state index in [0.29, 0.717) is 11.3 Å². The minimum absolute atomic E-state index is 0.0742. The summed E-state index contributed by atoms with van der Waals surface area (Å²) in [6.07, 6.45) is 0. The third kappa shape index (κ3) is 12.9. The number of benzene rings is 6. The highest BCUT2D eigenvalue weighted by Gasteiger charge is 2.26. The molecule has 0 bridgehead atoms. The lowest BCUT2D eigenvalue weighted by Gasteiger charge is -2.14. The van der Waals surface area contributed by atoms with Crippen LogP contribution in [-0.2, 0) is 19.1 Å². The molecule has 6 aromatic carbocycles. The van der Waals surface area contributed by atoms with Crippen molar-refractivity contribution in [3.8, 4) is 0 Å². The van der Waals surface area contributed by atoms with Crippen molar-refractivity contribution in [1.82, 2.24) is 5.32 Å². The number of esters is 2. The molecule has 0 aromatic heterocycles. The number of ketones is 4. The Hall–Kier alpha value is -9.70. The number of amides is 4. The van der Waals surface area contributed by atoms with Crippen LogP contribution in [0.5, 0.6) is 0 Å². The second-order valence-corrected chi connectivity index (χ2v) is 16.3. The Labute approximate surface area is 413 Å². The second-order valence-electron chi connectivity index (χ2n) is 16.3. The predicted octanol–water partition coefficient (Wildman–Crippen LogP) is 8.18. The normalized spacial score (nSPS) is 10.4. The average Bonchev–Trinajstić information content (AvgIpc) is 3.38. The van der Waals surface area contributed by atoms with E-state index in [1.54, 1.807) is 60.7 Å². The van der Waals surface area contributed by atoms with Gasteiger partial charge in [0.05, 0.1) is 22.3 Å². The first-order valence-corrected chi connectivity index (χ1v) is 22.0. The van der Waals surface area contributed by atoms with E-state index in [1.165, 1.54) is 69.4 Å². The fourth-order valence-corrected chi connectivity index (χ4v) is 6.84. The lowest BCUT2D eigenvalue weighted by atomic mass is 9.95. The molecule has 0 spiro atoms. The van der Waals surface area contributed by atoms with Crippen LogP contribution in [0.1, 0.15) is 113 Å². The highest BCUT2D eigenvalue weighted by Crippen LogP contribution is 2.24. The second kappa shape index (κ2) is 23.1. The van der Waals surface area contributed by atoms with E-state index in [-0.39, 0.29) is 84.3 Å². The molecule has 0 unspecified atom stereocenters. The van der Waals surface area contributed by atoms with Gasteiger partial charge in [-0.25, -0.2) is 9.59 Å². The van der Waals surface area contributed by atoms with Crippen molar-refractivity contribution in [3.05, 3.63) is 219 Å². The van der Waals surface area contributed by atoms with E-state index < -0.39 is 60.2 Å². The first-order valence-electron chi connectivity index (χ1n) is 22.0. The van der Waals surface area contributed by atoms with Crippen LogP contribution in [0.3, 0.4) is 0 Å². The SMILES string of the molecule is C=C(C)C(=O)COC(=O)c1ccc(C(=O)c2ccc(C(=O)OCC(=O)C(=C)C)c(C(=O)Nc3cccc(C(=O)Nc4cccc(C(=O)c5cccc(NC(=O)c6cccc(C)c6)c5)c4)c3)c2)cc1C(=O)NC. The third-order valence-corrected chi connectivity index (χ3v) is 10.8. The zero-order valence-corrected chi connectivity index (χ0v) is 39.4. The summed E-state index contributed by atoms with van der Waals surface area (Å²) >= 11 is 0. The number of carbonyl (C=O) groups excluding carboxylic acids is 10. The molecule has 16 nitrogen and oxygen atoms in total. The fraction of sp³-hybridized carbons (Fsp3) is 0.107. The Morgan fingerprint density at radius 2 is 0.778 bits per heavy atom. The largest absolute Gasteiger partial charge is 0.454 e. The summed E-state index contributed by atoms with van der Waals surface area (Å²) in [5.41, 5.74) is 1.53. The number of hydrogen-bond acceptors (Lipinski definition) is 12. The van der Waals surface area contributed by atoms with Crippen molar-refractivity contribution in [1.29, 1.82) is 0 Å².